The number of aliphatic hydroxyl groups excluding tert-OH is 1. The predicted octanol–water partition coefficient (Wildman–Crippen LogP) is 0.257. The van der Waals surface area contributed by atoms with Crippen LogP contribution in [0.4, 0.5) is 10.2 Å². The molecule has 2 atom stereocenters. The topological polar surface area (TPSA) is 89.8 Å². The van der Waals surface area contributed by atoms with Crippen LogP contribution in [0.25, 0.3) is 11.2 Å². The number of imidazole rings is 1. The lowest BCUT2D eigenvalue weighted by Gasteiger charge is -2.12. The van der Waals surface area contributed by atoms with Crippen molar-refractivity contribution >= 4 is 17.0 Å². The second-order valence-corrected chi connectivity index (χ2v) is 3.20. The van der Waals surface area contributed by atoms with Gasteiger partial charge in [-0.25, -0.2) is 19.3 Å². The first kappa shape index (κ1) is 9.78. The molecule has 0 saturated carbocycles. The van der Waals surface area contributed by atoms with Crippen LogP contribution in [-0.2, 0) is 0 Å². The van der Waals surface area contributed by atoms with Crippen LogP contribution in [0, 0.1) is 0 Å². The lowest BCUT2D eigenvalue weighted by molar-refractivity contribution is 0.0505. The first-order chi connectivity index (χ1) is 7.11. The average molecular weight is 211 g/mol. The number of nitrogens with zero attached hydrogens (tertiary/aromatic N) is 4. The Morgan fingerprint density at radius 1 is 1.47 bits per heavy atom. The molecule has 0 aliphatic carbocycles. The second kappa shape index (κ2) is 3.43. The molecule has 0 aliphatic rings. The van der Waals surface area contributed by atoms with Crippen molar-refractivity contribution in [3.05, 3.63) is 12.7 Å². The molecule has 0 aliphatic heterocycles. The average Bonchev–Trinajstić information content (AvgIpc) is 2.61. The summed E-state index contributed by atoms with van der Waals surface area (Å²) in [7, 11) is 0. The van der Waals surface area contributed by atoms with E-state index in [2.05, 4.69) is 15.0 Å². The maximum Gasteiger partial charge on any atom is 0.204 e. The molecule has 0 bridgehead atoms. The van der Waals surface area contributed by atoms with Gasteiger partial charge in [0.05, 0.1) is 6.33 Å². The number of aromatic nitrogens is 4. The van der Waals surface area contributed by atoms with Crippen LogP contribution in [0.15, 0.2) is 12.7 Å². The monoisotopic (exact) mass is 211 g/mol. The number of nitrogen functional groups attached to an aromatic ring is 1. The van der Waals surface area contributed by atoms with Gasteiger partial charge in [-0.05, 0) is 6.92 Å². The number of alkyl halides is 1. The van der Waals surface area contributed by atoms with E-state index in [-0.39, 0.29) is 11.5 Å². The van der Waals surface area contributed by atoms with Crippen LogP contribution in [0.1, 0.15) is 13.2 Å². The molecule has 0 aromatic carbocycles. The second-order valence-electron chi connectivity index (χ2n) is 3.20. The molecule has 6 nitrogen and oxygen atoms in total. The standard InChI is InChI=1S/C8H10FN5O/c1-4(15)6(9)14-3-13-5-7(10)11-2-12-8(5)14/h2-4,6,15H,1H3,(H2,10,11,12). The van der Waals surface area contributed by atoms with Crippen molar-refractivity contribution in [2.24, 2.45) is 0 Å². The third-order valence-corrected chi connectivity index (χ3v) is 2.05. The number of aliphatic hydroxyl groups is 1. The largest absolute Gasteiger partial charge is 0.388 e. The molecular weight excluding hydrogens is 201 g/mol. The summed E-state index contributed by atoms with van der Waals surface area (Å²) in [4.78, 5) is 11.5. The summed E-state index contributed by atoms with van der Waals surface area (Å²) in [6, 6.07) is 0. The summed E-state index contributed by atoms with van der Waals surface area (Å²) in [6.45, 7) is 1.35. The summed E-state index contributed by atoms with van der Waals surface area (Å²) < 4.78 is 14.6. The number of nitrogens with two attached hydrogens (primary N) is 1. The Kier molecular flexibility index (Phi) is 2.24. The van der Waals surface area contributed by atoms with Crippen LogP contribution in [0.3, 0.4) is 0 Å². The van der Waals surface area contributed by atoms with E-state index in [0.717, 1.165) is 4.57 Å². The van der Waals surface area contributed by atoms with E-state index in [4.69, 9.17) is 10.8 Å². The third kappa shape index (κ3) is 1.50. The maximum absolute atomic E-state index is 13.5. The SMILES string of the molecule is CC(O)C(F)n1cnc2c(N)ncnc21. The zero-order valence-electron chi connectivity index (χ0n) is 8.00. The fourth-order valence-corrected chi connectivity index (χ4v) is 1.28. The molecule has 0 saturated heterocycles. The van der Waals surface area contributed by atoms with Gasteiger partial charge in [-0.15, -0.1) is 0 Å². The number of hydrogen-bond acceptors (Lipinski definition) is 5. The molecule has 0 spiro atoms. The number of hydrogen-bond donors (Lipinski definition) is 2. The minimum atomic E-state index is -1.59. The Balaban J connectivity index is 2.59. The van der Waals surface area contributed by atoms with Gasteiger partial charge in [0.15, 0.2) is 11.5 Å². The summed E-state index contributed by atoms with van der Waals surface area (Å²) in [6.07, 6.45) is -0.263. The summed E-state index contributed by atoms with van der Waals surface area (Å²) in [5.41, 5.74) is 6.14. The van der Waals surface area contributed by atoms with Gasteiger partial charge in [0, 0.05) is 0 Å². The highest BCUT2D eigenvalue weighted by Gasteiger charge is 2.19. The number of rotatable bonds is 2. The van der Waals surface area contributed by atoms with Crippen LogP contribution < -0.4 is 5.73 Å². The summed E-state index contributed by atoms with van der Waals surface area (Å²) in [5.74, 6) is 0.191. The lowest BCUT2D eigenvalue weighted by atomic mass is 10.4. The molecule has 2 aromatic rings. The Labute approximate surface area is 84.6 Å². The van der Waals surface area contributed by atoms with E-state index in [9.17, 15) is 4.39 Å². The van der Waals surface area contributed by atoms with E-state index in [1.165, 1.54) is 19.6 Å². The molecule has 15 heavy (non-hydrogen) atoms. The van der Waals surface area contributed by atoms with E-state index in [1.54, 1.807) is 0 Å². The minimum absolute atomic E-state index is 0.191. The number of halogens is 1. The molecular formula is C8H10FN5O. The van der Waals surface area contributed by atoms with Crippen molar-refractivity contribution < 1.29 is 9.50 Å². The maximum atomic E-state index is 13.5. The van der Waals surface area contributed by atoms with Crippen molar-refractivity contribution in [1.29, 1.82) is 0 Å². The normalized spacial score (nSPS) is 15.4. The highest BCUT2D eigenvalue weighted by atomic mass is 19.1. The van der Waals surface area contributed by atoms with Crippen molar-refractivity contribution in [2.45, 2.75) is 19.3 Å². The van der Waals surface area contributed by atoms with Gasteiger partial charge in [-0.1, -0.05) is 0 Å². The zero-order valence-corrected chi connectivity index (χ0v) is 8.00. The van der Waals surface area contributed by atoms with Crippen molar-refractivity contribution in [1.82, 2.24) is 19.5 Å². The predicted molar refractivity (Wildman–Crippen MR) is 51.6 cm³/mol. The fourth-order valence-electron chi connectivity index (χ4n) is 1.28. The molecule has 2 unspecified atom stereocenters. The minimum Gasteiger partial charge on any atom is -0.388 e. The van der Waals surface area contributed by atoms with Crippen LogP contribution in [0.5, 0.6) is 0 Å². The zero-order chi connectivity index (χ0) is 11.0. The lowest BCUT2D eigenvalue weighted by Crippen LogP contribution is -2.16. The molecule has 2 rings (SSSR count). The Morgan fingerprint density at radius 3 is 2.87 bits per heavy atom. The van der Waals surface area contributed by atoms with Crippen molar-refractivity contribution in [3.63, 3.8) is 0 Å². The summed E-state index contributed by atoms with van der Waals surface area (Å²) >= 11 is 0. The van der Waals surface area contributed by atoms with Crippen molar-refractivity contribution in [3.8, 4) is 0 Å². The number of anilines is 1. The molecule has 3 N–H and O–H groups in total. The van der Waals surface area contributed by atoms with Gasteiger partial charge < -0.3 is 10.8 Å². The van der Waals surface area contributed by atoms with Gasteiger partial charge in [-0.3, -0.25) is 4.57 Å². The summed E-state index contributed by atoms with van der Waals surface area (Å²) in [5, 5.41) is 9.12. The Hall–Kier alpha value is -1.76. The molecule has 2 heterocycles. The molecule has 0 amide bonds. The Morgan fingerprint density at radius 2 is 2.20 bits per heavy atom. The first-order valence-corrected chi connectivity index (χ1v) is 4.36. The van der Waals surface area contributed by atoms with E-state index < -0.39 is 12.4 Å². The fraction of sp³-hybridized carbons (Fsp3) is 0.375. The van der Waals surface area contributed by atoms with Crippen LogP contribution >= 0.6 is 0 Å². The third-order valence-electron chi connectivity index (χ3n) is 2.05. The highest BCUT2D eigenvalue weighted by molar-refractivity contribution is 5.81. The van der Waals surface area contributed by atoms with Gasteiger partial charge in [0.25, 0.3) is 0 Å². The van der Waals surface area contributed by atoms with Gasteiger partial charge in [0.1, 0.15) is 17.9 Å². The highest BCUT2D eigenvalue weighted by Crippen LogP contribution is 2.21. The van der Waals surface area contributed by atoms with Crippen LogP contribution in [0.2, 0.25) is 0 Å². The smallest absolute Gasteiger partial charge is 0.204 e. The van der Waals surface area contributed by atoms with E-state index in [0.29, 0.717) is 5.52 Å². The molecule has 7 heteroatoms. The quantitative estimate of drug-likeness (QED) is 0.743. The Bertz CT molecular complexity index is 483. The molecule has 0 fully saturated rings. The van der Waals surface area contributed by atoms with Gasteiger partial charge >= 0.3 is 0 Å². The van der Waals surface area contributed by atoms with Crippen LogP contribution in [-0.4, -0.2) is 30.7 Å². The number of fused-ring (bicyclic) bond motifs is 1. The molecule has 80 valence electrons. The first-order valence-electron chi connectivity index (χ1n) is 4.36. The van der Waals surface area contributed by atoms with E-state index >= 15 is 0 Å². The molecule has 2 aromatic heterocycles. The van der Waals surface area contributed by atoms with Crippen molar-refractivity contribution in [2.75, 3.05) is 5.73 Å². The van der Waals surface area contributed by atoms with Gasteiger partial charge in [0.2, 0.25) is 6.30 Å². The molecule has 0 radical (unpaired) electrons. The van der Waals surface area contributed by atoms with Gasteiger partial charge in [-0.2, -0.15) is 0 Å². The van der Waals surface area contributed by atoms with E-state index in [1.807, 2.05) is 0 Å².